The highest BCUT2D eigenvalue weighted by Gasteiger charge is 2.41. The molecule has 1 fully saturated rings. The van der Waals surface area contributed by atoms with Crippen LogP contribution in [0.5, 0.6) is 0 Å². The first-order valence-electron chi connectivity index (χ1n) is 8.77. The second-order valence-corrected chi connectivity index (χ2v) is 6.89. The third kappa shape index (κ3) is 4.56. The van der Waals surface area contributed by atoms with E-state index in [1.165, 1.54) is 18.3 Å². The van der Waals surface area contributed by atoms with Gasteiger partial charge < -0.3 is 15.8 Å². The van der Waals surface area contributed by atoms with Gasteiger partial charge in [0.1, 0.15) is 5.69 Å². The Morgan fingerprint density at radius 3 is 2.67 bits per heavy atom. The average molecular weight is 443 g/mol. The van der Waals surface area contributed by atoms with Crippen molar-refractivity contribution in [2.24, 2.45) is 10.7 Å². The molecule has 1 heterocycles. The second-order valence-electron chi connectivity index (χ2n) is 6.48. The maximum absolute atomic E-state index is 13.5. The van der Waals surface area contributed by atoms with Gasteiger partial charge in [-0.3, -0.25) is 9.79 Å². The lowest BCUT2D eigenvalue weighted by molar-refractivity contribution is -0.0895. The third-order valence-corrected chi connectivity index (χ3v) is 4.64. The van der Waals surface area contributed by atoms with E-state index >= 15 is 0 Å². The van der Waals surface area contributed by atoms with Crippen molar-refractivity contribution in [1.82, 2.24) is 20.3 Å². The highest BCUT2D eigenvalue weighted by molar-refractivity contribution is 6.34. The van der Waals surface area contributed by atoms with Crippen LogP contribution in [-0.4, -0.2) is 53.1 Å². The normalized spacial score (nSPS) is 15.6. The molecule has 12 heteroatoms. The van der Waals surface area contributed by atoms with E-state index in [4.69, 9.17) is 17.3 Å². The lowest BCUT2D eigenvalue weighted by atomic mass is 10.1. The van der Waals surface area contributed by atoms with E-state index in [0.717, 1.165) is 31.7 Å². The maximum Gasteiger partial charge on any atom is 0.425 e. The fourth-order valence-electron chi connectivity index (χ4n) is 2.66. The van der Waals surface area contributed by atoms with Gasteiger partial charge in [0.25, 0.3) is 5.91 Å². The molecule has 0 spiro atoms. The molecule has 0 bridgehead atoms. The van der Waals surface area contributed by atoms with Crippen molar-refractivity contribution >= 4 is 23.3 Å². The van der Waals surface area contributed by atoms with Crippen molar-refractivity contribution in [3.05, 3.63) is 46.4 Å². The predicted molar refractivity (Wildman–Crippen MR) is 104 cm³/mol. The molecular formula is C18H18ClF3N6O2. The summed E-state index contributed by atoms with van der Waals surface area (Å²) in [6.45, 7) is 0. The number of aromatic nitrogens is 3. The number of nitrogens with one attached hydrogen (secondary N) is 1. The minimum atomic E-state index is -4.84. The van der Waals surface area contributed by atoms with Gasteiger partial charge in [0.15, 0.2) is 17.3 Å². The highest BCUT2D eigenvalue weighted by Crippen LogP contribution is 2.30. The number of amides is 1. The Balaban J connectivity index is 1.96. The predicted octanol–water partition coefficient (Wildman–Crippen LogP) is 2.75. The molecule has 1 aromatic heterocycles. The fourth-order valence-corrected chi connectivity index (χ4v) is 2.86. The van der Waals surface area contributed by atoms with E-state index in [0.29, 0.717) is 5.56 Å². The van der Waals surface area contributed by atoms with E-state index in [1.54, 1.807) is 6.07 Å². The first-order chi connectivity index (χ1) is 14.2. The number of benzene rings is 1. The van der Waals surface area contributed by atoms with Crippen LogP contribution in [-0.2, 0) is 4.74 Å². The van der Waals surface area contributed by atoms with Crippen LogP contribution >= 0.6 is 11.6 Å². The van der Waals surface area contributed by atoms with Gasteiger partial charge in [-0.15, -0.1) is 5.10 Å². The molecule has 1 saturated carbocycles. The van der Waals surface area contributed by atoms with E-state index in [-0.39, 0.29) is 28.2 Å². The number of alkyl halides is 3. The van der Waals surface area contributed by atoms with Crippen molar-refractivity contribution in [1.29, 1.82) is 0 Å². The van der Waals surface area contributed by atoms with Gasteiger partial charge in [0.2, 0.25) is 0 Å². The molecule has 0 radical (unpaired) electrons. The van der Waals surface area contributed by atoms with Crippen LogP contribution < -0.4 is 11.1 Å². The molecule has 1 aliphatic carbocycles. The van der Waals surface area contributed by atoms with Crippen LogP contribution in [0.3, 0.4) is 0 Å². The zero-order chi connectivity index (χ0) is 22.1. The lowest BCUT2D eigenvalue weighted by Gasteiger charge is -2.15. The highest BCUT2D eigenvalue weighted by atomic mass is 35.5. The summed E-state index contributed by atoms with van der Waals surface area (Å²) in [4.78, 5) is 16.0. The Kier molecular flexibility index (Phi) is 6.01. The number of ether oxygens (including phenoxy) is 1. The number of nitrogens with zero attached hydrogens (tertiary/aromatic N) is 4. The molecule has 2 aromatic rings. The number of hydrogen-bond acceptors (Lipinski definition) is 6. The summed E-state index contributed by atoms with van der Waals surface area (Å²) in [5.41, 5.74) is 4.99. The number of aliphatic imine (C=N–C) groups is 1. The van der Waals surface area contributed by atoms with Gasteiger partial charge in [0.05, 0.1) is 23.9 Å². The largest absolute Gasteiger partial charge is 0.482 e. The molecule has 1 aliphatic rings. The molecule has 0 aliphatic heterocycles. The van der Waals surface area contributed by atoms with Crippen molar-refractivity contribution in [2.45, 2.75) is 25.1 Å². The number of allylic oxidation sites excluding steroid dienone is 1. The quantitative estimate of drug-likeness (QED) is 0.420. The van der Waals surface area contributed by atoms with Crippen molar-refractivity contribution < 1.29 is 22.7 Å². The van der Waals surface area contributed by atoms with E-state index < -0.39 is 23.5 Å². The summed E-state index contributed by atoms with van der Waals surface area (Å²) in [6.07, 6.45) is -1.77. The van der Waals surface area contributed by atoms with E-state index in [2.05, 4.69) is 25.4 Å². The summed E-state index contributed by atoms with van der Waals surface area (Å²) < 4.78 is 45.9. The molecule has 3 N–H and O–H groups in total. The first-order valence-corrected chi connectivity index (χ1v) is 9.15. The first kappa shape index (κ1) is 21.6. The Morgan fingerprint density at radius 2 is 2.10 bits per heavy atom. The van der Waals surface area contributed by atoms with Crippen LogP contribution in [0.15, 0.2) is 40.8 Å². The summed E-state index contributed by atoms with van der Waals surface area (Å²) in [5, 5.41) is 10.7. The van der Waals surface area contributed by atoms with Crippen LogP contribution in [0.2, 0.25) is 5.02 Å². The summed E-state index contributed by atoms with van der Waals surface area (Å²) >= 11 is 6.12. The zero-order valence-corrected chi connectivity index (χ0v) is 16.8. The summed E-state index contributed by atoms with van der Waals surface area (Å²) in [5.74, 6) is -1.78. The Morgan fingerprint density at radius 1 is 1.40 bits per heavy atom. The maximum atomic E-state index is 13.5. The number of methoxy groups -OCH3 is 1. The summed E-state index contributed by atoms with van der Waals surface area (Å²) in [6, 6.07) is 4.73. The Hall–Kier alpha value is -3.08. The van der Waals surface area contributed by atoms with Gasteiger partial charge in [-0.1, -0.05) is 22.9 Å². The van der Waals surface area contributed by atoms with Gasteiger partial charge in [0, 0.05) is 18.7 Å². The minimum absolute atomic E-state index is 0.139. The second kappa shape index (κ2) is 8.34. The number of hydrogen-bond donors (Lipinski definition) is 2. The summed E-state index contributed by atoms with van der Waals surface area (Å²) in [7, 11) is 2.18. The van der Waals surface area contributed by atoms with Crippen molar-refractivity contribution in [3.63, 3.8) is 0 Å². The van der Waals surface area contributed by atoms with Gasteiger partial charge in [-0.2, -0.15) is 13.2 Å². The zero-order valence-electron chi connectivity index (χ0n) is 16.0. The molecular weight excluding hydrogens is 425 g/mol. The van der Waals surface area contributed by atoms with Gasteiger partial charge in [-0.25, -0.2) is 4.68 Å². The number of rotatable bonds is 5. The SMILES string of the molecule is CN=C(C(=C(N)OC)C(F)(F)F)n1cc(-c2ccc(Cl)c(C(=O)NC3CC3)c2)nn1. The molecule has 1 amide bonds. The molecule has 1 aromatic carbocycles. The Labute approximate surface area is 174 Å². The average Bonchev–Trinajstić information content (AvgIpc) is 3.37. The standard InChI is InChI=1S/C18H18ClF3N6O2/c1-24-16(14(15(23)30-2)18(20,21)22)28-8-13(26-27-28)9-3-6-12(19)11(7-9)17(29)25-10-4-5-10/h3,6-8,10H,4-5,23H2,1-2H3,(H,25,29). The van der Waals surface area contributed by atoms with Crippen LogP contribution in [0, 0.1) is 0 Å². The number of carbonyl (C=O) groups is 1. The minimum Gasteiger partial charge on any atom is -0.482 e. The van der Waals surface area contributed by atoms with E-state index in [9.17, 15) is 18.0 Å². The molecule has 30 heavy (non-hydrogen) atoms. The molecule has 0 unspecified atom stereocenters. The third-order valence-electron chi connectivity index (χ3n) is 4.31. The number of halogens is 4. The Bertz CT molecular complexity index is 1030. The van der Waals surface area contributed by atoms with Gasteiger partial charge >= 0.3 is 6.18 Å². The van der Waals surface area contributed by atoms with Crippen molar-refractivity contribution in [3.8, 4) is 11.3 Å². The van der Waals surface area contributed by atoms with Crippen molar-refractivity contribution in [2.75, 3.05) is 14.2 Å². The van der Waals surface area contributed by atoms with Gasteiger partial charge in [-0.05, 0) is 25.0 Å². The molecule has 0 atom stereocenters. The number of carbonyl (C=O) groups excluding carboxylic acids is 1. The smallest absolute Gasteiger partial charge is 0.425 e. The van der Waals surface area contributed by atoms with Crippen LogP contribution in [0.25, 0.3) is 11.3 Å². The van der Waals surface area contributed by atoms with Crippen LogP contribution in [0.4, 0.5) is 13.2 Å². The molecule has 8 nitrogen and oxygen atoms in total. The lowest BCUT2D eigenvalue weighted by Crippen LogP contribution is -2.30. The van der Waals surface area contributed by atoms with E-state index in [1.807, 2.05) is 0 Å². The monoisotopic (exact) mass is 442 g/mol. The fraction of sp³-hybridized carbons (Fsp3) is 0.333. The topological polar surface area (TPSA) is 107 Å². The van der Waals surface area contributed by atoms with Crippen LogP contribution in [0.1, 0.15) is 23.2 Å². The molecule has 3 rings (SSSR count). The molecule has 0 saturated heterocycles. The molecule has 160 valence electrons. The number of nitrogens with two attached hydrogens (primary N) is 1.